The molecule has 6 heterocycles. The van der Waals surface area contributed by atoms with E-state index >= 15 is 4.79 Å². The Balaban J connectivity index is 1.09. The summed E-state index contributed by atoms with van der Waals surface area (Å²) in [6, 6.07) is 7.94. The summed E-state index contributed by atoms with van der Waals surface area (Å²) in [7, 11) is 7.13. The first-order valence-corrected chi connectivity index (χ1v) is 24.7. The van der Waals surface area contributed by atoms with E-state index in [9.17, 15) is 19.2 Å². The van der Waals surface area contributed by atoms with E-state index in [1.165, 1.54) is 27.3 Å². The van der Waals surface area contributed by atoms with E-state index in [-0.39, 0.29) is 61.3 Å². The molecule has 1 saturated carbocycles. The second kappa shape index (κ2) is 17.6. The number of hydrogen-bond donors (Lipinski definition) is 2. The van der Waals surface area contributed by atoms with Gasteiger partial charge in [-0.25, -0.2) is 15.2 Å². The number of nitrogens with zero attached hydrogens (tertiary/aromatic N) is 7. The molecular weight excluding hydrogens is 887 g/mol. The Kier molecular flexibility index (Phi) is 12.2. The van der Waals surface area contributed by atoms with Crippen molar-refractivity contribution in [3.05, 3.63) is 70.8 Å². The number of pyridine rings is 1. The van der Waals surface area contributed by atoms with Gasteiger partial charge in [0.25, 0.3) is 5.91 Å². The highest BCUT2D eigenvalue weighted by Gasteiger charge is 2.59. The first-order valence-electron chi connectivity index (χ1n) is 23.3. The molecule has 3 fully saturated rings. The number of hydrazine groups is 1. The molecule has 2 unspecified atom stereocenters. The van der Waals surface area contributed by atoms with Crippen molar-refractivity contribution in [1.29, 1.82) is 0 Å². The molecule has 2 saturated heterocycles. The Morgan fingerprint density at radius 2 is 1.90 bits per heavy atom. The lowest BCUT2D eigenvalue weighted by Crippen LogP contribution is -2.69. The van der Waals surface area contributed by atoms with Gasteiger partial charge in [0.05, 0.1) is 51.0 Å². The molecule has 1 aromatic carbocycles. The number of aryl methyl sites for hydroxylation is 1. The summed E-state index contributed by atoms with van der Waals surface area (Å²) in [6.45, 7) is 17.4. The summed E-state index contributed by atoms with van der Waals surface area (Å²) >= 11 is 1.38. The Bertz CT molecular complexity index is 2670. The van der Waals surface area contributed by atoms with E-state index in [1.54, 1.807) is 30.2 Å². The van der Waals surface area contributed by atoms with Gasteiger partial charge in [0.15, 0.2) is 0 Å². The molecule has 5 aliphatic rings. The number of esters is 1. The molecule has 16 nitrogen and oxygen atoms in total. The summed E-state index contributed by atoms with van der Waals surface area (Å²) in [6.07, 6.45) is 3.53. The van der Waals surface area contributed by atoms with Gasteiger partial charge in [0.1, 0.15) is 23.3 Å². The fourth-order valence-corrected chi connectivity index (χ4v) is 12.8. The largest absolute Gasteiger partial charge is 0.464 e. The van der Waals surface area contributed by atoms with Gasteiger partial charge < -0.3 is 34.1 Å². The molecule has 5 amide bonds. The van der Waals surface area contributed by atoms with Gasteiger partial charge in [-0.15, -0.1) is 11.3 Å². The summed E-state index contributed by atoms with van der Waals surface area (Å²) < 4.78 is 14.9. The highest BCUT2D eigenvalue weighted by Crippen LogP contribution is 2.57. The monoisotopic (exact) mass is 946 g/mol. The number of thiazole rings is 1. The molecule has 3 radical (unpaired) electrons. The number of rotatable bonds is 7. The van der Waals surface area contributed by atoms with E-state index in [0.717, 1.165) is 39.0 Å². The van der Waals surface area contributed by atoms with Gasteiger partial charge in [-0.1, -0.05) is 47.3 Å². The van der Waals surface area contributed by atoms with Crippen molar-refractivity contribution in [3.63, 3.8) is 0 Å². The molecule has 18 heteroatoms. The predicted molar refractivity (Wildman–Crippen MR) is 255 cm³/mol. The number of cyclic esters (lactones) is 1. The molecule has 6 bridgehead atoms. The van der Waals surface area contributed by atoms with Crippen molar-refractivity contribution in [2.24, 2.45) is 17.3 Å². The number of fused-ring (bicyclic) bond motifs is 9. The zero-order valence-corrected chi connectivity index (χ0v) is 41.3. The minimum Gasteiger partial charge on any atom is -0.464 e. The fourth-order valence-electron chi connectivity index (χ4n) is 11.4. The maximum atomic E-state index is 15.0. The van der Waals surface area contributed by atoms with Crippen LogP contribution in [0.2, 0.25) is 0 Å². The van der Waals surface area contributed by atoms with E-state index in [2.05, 4.69) is 77.2 Å². The molecule has 3 aliphatic heterocycles. The van der Waals surface area contributed by atoms with Crippen LogP contribution < -0.4 is 10.7 Å². The average molecular weight is 947 g/mol. The average Bonchev–Trinajstić information content (AvgIpc) is 3.60. The minimum absolute atomic E-state index is 0.0467. The summed E-state index contributed by atoms with van der Waals surface area (Å²) in [5.74, 6) is -2.29. The van der Waals surface area contributed by atoms with Crippen LogP contribution in [0.4, 0.5) is 4.79 Å². The van der Waals surface area contributed by atoms with Gasteiger partial charge in [-0.3, -0.25) is 29.2 Å². The molecule has 4 aromatic rings. The highest BCUT2D eigenvalue weighted by atomic mass is 32.1. The van der Waals surface area contributed by atoms with Gasteiger partial charge in [-0.2, -0.15) is 0 Å². The zero-order chi connectivity index (χ0) is 47.9. The van der Waals surface area contributed by atoms with E-state index in [4.69, 9.17) is 19.4 Å². The molecule has 8 atom stereocenters. The predicted octanol–water partition coefficient (Wildman–Crippen LogP) is 5.03. The summed E-state index contributed by atoms with van der Waals surface area (Å²) in [5, 5.41) is 6.23. The lowest BCUT2D eigenvalue weighted by molar-refractivity contribution is -0.157. The smallest absolute Gasteiger partial charge is 0.324 e. The number of carbonyl (C=O) groups excluding carboxylic acids is 5. The number of amides is 5. The number of benzene rings is 1. The van der Waals surface area contributed by atoms with Crippen molar-refractivity contribution in [1.82, 2.24) is 45.0 Å². The maximum absolute atomic E-state index is 15.0. The molecule has 353 valence electrons. The number of nitrogens with one attached hydrogen (secondary N) is 2. The topological polar surface area (TPSA) is 172 Å². The van der Waals surface area contributed by atoms with Crippen LogP contribution in [0, 0.1) is 17.3 Å². The Morgan fingerprint density at radius 1 is 1.15 bits per heavy atom. The quantitative estimate of drug-likeness (QED) is 0.146. The molecular formula is C49H60N9O7SSi. The number of piperazine rings is 1. The van der Waals surface area contributed by atoms with Crippen LogP contribution in [0.3, 0.4) is 0 Å². The zero-order valence-electron chi connectivity index (χ0n) is 39.5. The van der Waals surface area contributed by atoms with Crippen LogP contribution in [0.25, 0.3) is 33.4 Å². The Labute approximate surface area is 398 Å². The lowest BCUT2D eigenvalue weighted by atomic mass is 9.67. The number of hydrogen-bond acceptors (Lipinski definition) is 11. The summed E-state index contributed by atoms with van der Waals surface area (Å²) in [4.78, 5) is 85.8. The molecule has 67 heavy (non-hydrogen) atoms. The number of aromatic nitrogens is 3. The van der Waals surface area contributed by atoms with Crippen LogP contribution >= 0.6 is 11.3 Å². The molecule has 0 spiro atoms. The van der Waals surface area contributed by atoms with Crippen molar-refractivity contribution in [2.45, 2.75) is 109 Å². The third kappa shape index (κ3) is 7.86. The van der Waals surface area contributed by atoms with Crippen molar-refractivity contribution in [3.8, 4) is 22.5 Å². The SMILES string of the molecule is C=CC(=O)N1CCN(C(=O)N(C)[C@H](C(=O)NC2([Si])Cc3nc(cs3)-c3ccc4c(c3)c3c(n4CC)-c4cccnc4[C@@H](OC)C3C(C)(C)COC(=O)[C@@H]3CCCN(N3)C2=O)C(C)C)[C@@H]2[C@@H](C)[C@@H]21. The standard InChI is InChI=1S/C49H60N9O7SSi/c1-10-35(59)56-20-21-57(41-27(5)40(41)56)47(63)54(8)39(26(3)4)44(60)52-49(67)23-34-51-32(24-66-34)28-16-17-33-30(22-28)36-37(43(64-9)38-29(14-12-18-50-38)42(36)55(33)11-2)48(6,7)25-65-45(61)31-15-13-19-58(53-31)46(49)62/h10,12,14,16-18,22,24,26-27,31,37,39-41,43,53H,1,11,13,15,19-21,23,25H2,2-9H3,(H,52,60)/t27-,31-,37?,39-,40-,41+,43-,49?/m0/s1. The maximum Gasteiger partial charge on any atom is 0.324 e. The number of carbonyl (C=O) groups is 5. The molecule has 2 N–H and O–H groups in total. The number of urea groups is 1. The van der Waals surface area contributed by atoms with Crippen LogP contribution in [0.5, 0.6) is 0 Å². The van der Waals surface area contributed by atoms with Crippen LogP contribution in [-0.2, 0) is 41.6 Å². The normalized spacial score (nSPS) is 27.1. The van der Waals surface area contributed by atoms with Gasteiger partial charge in [0.2, 0.25) is 11.8 Å². The highest BCUT2D eigenvalue weighted by molar-refractivity contribution is 7.10. The molecule has 3 aromatic heterocycles. The van der Waals surface area contributed by atoms with E-state index in [0.29, 0.717) is 43.2 Å². The van der Waals surface area contributed by atoms with E-state index in [1.807, 2.05) is 32.2 Å². The Morgan fingerprint density at radius 3 is 2.61 bits per heavy atom. The van der Waals surface area contributed by atoms with Gasteiger partial charge in [0, 0.05) is 97.6 Å². The second-order valence-electron chi connectivity index (χ2n) is 19.7. The first kappa shape index (κ1) is 46.7. The Hall–Kier alpha value is -5.43. The number of ether oxygens (including phenoxy) is 2. The number of methoxy groups -OCH3 is 1. The van der Waals surface area contributed by atoms with Crippen molar-refractivity contribution >= 4 is 62.2 Å². The minimum atomic E-state index is -1.76. The molecule has 9 rings (SSSR count). The first-order chi connectivity index (χ1) is 31.9. The van der Waals surface area contributed by atoms with Crippen molar-refractivity contribution < 1.29 is 33.4 Å². The third-order valence-electron chi connectivity index (χ3n) is 14.7. The van der Waals surface area contributed by atoms with E-state index < -0.39 is 46.5 Å². The van der Waals surface area contributed by atoms with Crippen LogP contribution in [-0.4, -0.2) is 144 Å². The second-order valence-corrected chi connectivity index (χ2v) is 21.5. The summed E-state index contributed by atoms with van der Waals surface area (Å²) in [5.41, 5.74) is 9.11. The van der Waals surface area contributed by atoms with Crippen LogP contribution in [0.1, 0.15) is 82.7 Å². The van der Waals surface area contributed by atoms with Crippen molar-refractivity contribution in [2.75, 3.05) is 40.4 Å². The third-order valence-corrected chi connectivity index (χ3v) is 16.0. The van der Waals surface area contributed by atoms with Gasteiger partial charge >= 0.3 is 12.0 Å². The fraction of sp³-hybridized carbons (Fsp3) is 0.531. The van der Waals surface area contributed by atoms with Gasteiger partial charge in [-0.05, 0) is 61.6 Å². The van der Waals surface area contributed by atoms with Crippen LogP contribution in [0.15, 0.2) is 54.6 Å². The number of likely N-dealkylation sites (N-methyl/N-ethyl adjacent to an activating group) is 1. The molecule has 2 aliphatic carbocycles. The lowest BCUT2D eigenvalue weighted by Gasteiger charge is -2.43.